The maximum atomic E-state index is 14.1. The van der Waals surface area contributed by atoms with E-state index in [4.69, 9.17) is 0 Å². The van der Waals surface area contributed by atoms with Gasteiger partial charge in [0.1, 0.15) is 11.6 Å². The highest BCUT2D eigenvalue weighted by Crippen LogP contribution is 2.31. The molecular weight excluding hydrogens is 375 g/mol. The summed E-state index contributed by atoms with van der Waals surface area (Å²) < 4.78 is 71.4. The topological polar surface area (TPSA) is 80.9 Å². The minimum Gasteiger partial charge on any atom is -0.315 e. The van der Waals surface area contributed by atoms with Crippen LogP contribution in [0.3, 0.4) is 0 Å². The van der Waals surface area contributed by atoms with Crippen LogP contribution in [0.25, 0.3) is 11.4 Å². The predicted molar refractivity (Wildman–Crippen MR) is 81.6 cm³/mol. The van der Waals surface area contributed by atoms with E-state index >= 15 is 0 Å². The van der Waals surface area contributed by atoms with Gasteiger partial charge in [-0.2, -0.15) is 18.2 Å². The fourth-order valence-corrected chi connectivity index (χ4v) is 2.22. The number of benzene rings is 1. The summed E-state index contributed by atoms with van der Waals surface area (Å²) in [4.78, 5) is 18.8. The molecule has 140 valence electrons. The van der Waals surface area contributed by atoms with Gasteiger partial charge in [-0.15, -0.1) is 0 Å². The van der Waals surface area contributed by atoms with Crippen molar-refractivity contribution >= 4 is 11.9 Å². The van der Waals surface area contributed by atoms with Crippen LogP contribution in [0.1, 0.15) is 21.6 Å². The van der Waals surface area contributed by atoms with Crippen molar-refractivity contribution in [3.8, 4) is 11.4 Å². The van der Waals surface area contributed by atoms with Gasteiger partial charge in [0.15, 0.2) is 5.69 Å². The molecule has 6 nitrogen and oxygen atoms in total. The van der Waals surface area contributed by atoms with E-state index in [1.807, 2.05) is 5.32 Å². The number of nitrogens with one attached hydrogen (secondary N) is 1. The Hall–Kier alpha value is -3.37. The zero-order valence-corrected chi connectivity index (χ0v) is 13.4. The molecule has 2 aromatic heterocycles. The highest BCUT2D eigenvalue weighted by Gasteiger charge is 2.37. The van der Waals surface area contributed by atoms with Gasteiger partial charge >= 0.3 is 12.2 Å². The van der Waals surface area contributed by atoms with Gasteiger partial charge in [0.05, 0.1) is 11.1 Å². The highest BCUT2D eigenvalue weighted by molar-refractivity contribution is 6.04. The summed E-state index contributed by atoms with van der Waals surface area (Å²) in [6, 6.07) is 3.61. The molecule has 3 rings (SSSR count). The smallest absolute Gasteiger partial charge is 0.315 e. The zero-order chi connectivity index (χ0) is 19.8. The summed E-state index contributed by atoms with van der Waals surface area (Å²) in [5.41, 5.74) is -2.65. The molecule has 2 heterocycles. The number of halogens is 5. The molecule has 0 aliphatic carbocycles. The van der Waals surface area contributed by atoms with Gasteiger partial charge in [-0.25, -0.2) is 8.78 Å². The quantitative estimate of drug-likeness (QED) is 0.691. The van der Waals surface area contributed by atoms with Crippen LogP contribution in [0.2, 0.25) is 0 Å². The first-order valence-corrected chi connectivity index (χ1v) is 7.30. The summed E-state index contributed by atoms with van der Waals surface area (Å²) in [6.45, 7) is 1.39. The molecule has 1 N–H and O–H groups in total. The lowest BCUT2D eigenvalue weighted by atomic mass is 10.1. The molecule has 3 aromatic rings. The number of aromatic nitrogens is 3. The van der Waals surface area contributed by atoms with E-state index in [2.05, 4.69) is 19.6 Å². The van der Waals surface area contributed by atoms with E-state index in [0.717, 1.165) is 24.4 Å². The third-order valence-electron chi connectivity index (χ3n) is 3.48. The van der Waals surface area contributed by atoms with Gasteiger partial charge in [-0.1, -0.05) is 11.2 Å². The van der Waals surface area contributed by atoms with Crippen LogP contribution in [-0.2, 0) is 6.18 Å². The lowest BCUT2D eigenvalue weighted by Gasteiger charge is -2.09. The molecule has 0 saturated heterocycles. The van der Waals surface area contributed by atoms with Crippen LogP contribution in [0.15, 0.2) is 35.0 Å². The van der Waals surface area contributed by atoms with Gasteiger partial charge < -0.3 is 4.52 Å². The third kappa shape index (κ3) is 3.61. The van der Waals surface area contributed by atoms with Crippen molar-refractivity contribution in [3.63, 3.8) is 0 Å². The Balaban J connectivity index is 1.90. The van der Waals surface area contributed by atoms with Crippen molar-refractivity contribution in [2.75, 3.05) is 5.32 Å². The van der Waals surface area contributed by atoms with Crippen molar-refractivity contribution in [2.24, 2.45) is 0 Å². The van der Waals surface area contributed by atoms with E-state index < -0.39 is 52.4 Å². The van der Waals surface area contributed by atoms with Crippen LogP contribution >= 0.6 is 0 Å². The summed E-state index contributed by atoms with van der Waals surface area (Å²) in [5.74, 6) is -3.63. The van der Waals surface area contributed by atoms with Crippen molar-refractivity contribution in [1.29, 1.82) is 0 Å². The van der Waals surface area contributed by atoms with E-state index in [-0.39, 0.29) is 5.56 Å². The molecule has 0 spiro atoms. The zero-order valence-electron chi connectivity index (χ0n) is 13.4. The van der Waals surface area contributed by atoms with Gasteiger partial charge in [0.25, 0.3) is 5.91 Å². The molecule has 0 fully saturated rings. The van der Waals surface area contributed by atoms with Crippen molar-refractivity contribution in [3.05, 3.63) is 58.9 Å². The molecule has 1 amide bonds. The number of nitrogens with zero attached hydrogens (tertiary/aromatic N) is 3. The van der Waals surface area contributed by atoms with E-state index in [1.54, 1.807) is 0 Å². The molecule has 27 heavy (non-hydrogen) atoms. The van der Waals surface area contributed by atoms with Gasteiger partial charge in [-0.05, 0) is 30.7 Å². The summed E-state index contributed by atoms with van der Waals surface area (Å²) in [6.07, 6.45) is -3.98. The maximum Gasteiger partial charge on any atom is 0.434 e. The molecule has 0 bridgehead atoms. The Morgan fingerprint density at radius 3 is 2.63 bits per heavy atom. The van der Waals surface area contributed by atoms with Crippen LogP contribution in [0.5, 0.6) is 0 Å². The SMILES string of the molecule is Cc1ccc(F)c(-c2noc(NC(=O)c3cccnc3C(F)(F)F)n2)c1F. The Morgan fingerprint density at radius 1 is 1.19 bits per heavy atom. The third-order valence-corrected chi connectivity index (χ3v) is 3.48. The predicted octanol–water partition coefficient (Wildman–Crippen LogP) is 3.99. The molecule has 0 saturated carbocycles. The minimum atomic E-state index is -4.86. The molecule has 1 aromatic carbocycles. The Morgan fingerprint density at radius 2 is 1.93 bits per heavy atom. The standard InChI is InChI=1S/C16H9F5N4O2/c1-7-4-5-9(17)10(11(7)18)13-23-15(27-25-13)24-14(26)8-3-2-6-22-12(8)16(19,20)21/h2-6H,1H3,(H,23,24,25,26). The summed E-state index contributed by atoms with van der Waals surface area (Å²) in [7, 11) is 0. The second kappa shape index (κ2) is 6.74. The normalized spacial score (nSPS) is 11.5. The number of carbonyl (C=O) groups excluding carboxylic acids is 1. The largest absolute Gasteiger partial charge is 0.434 e. The molecule has 0 aliphatic heterocycles. The average Bonchev–Trinajstić information content (AvgIpc) is 3.06. The molecular formula is C16H9F5N4O2. The van der Waals surface area contributed by atoms with Crippen LogP contribution < -0.4 is 5.32 Å². The number of aryl methyl sites for hydroxylation is 1. The number of hydrogen-bond donors (Lipinski definition) is 1. The van der Waals surface area contributed by atoms with Gasteiger partial charge in [-0.3, -0.25) is 15.1 Å². The van der Waals surface area contributed by atoms with Crippen molar-refractivity contribution in [1.82, 2.24) is 15.1 Å². The molecule has 0 unspecified atom stereocenters. The van der Waals surface area contributed by atoms with Crippen LogP contribution in [0, 0.1) is 18.6 Å². The van der Waals surface area contributed by atoms with Crippen molar-refractivity contribution in [2.45, 2.75) is 13.1 Å². The number of pyridine rings is 1. The Kier molecular flexibility index (Phi) is 4.60. The Bertz CT molecular complexity index is 1020. The highest BCUT2D eigenvalue weighted by atomic mass is 19.4. The Labute approximate surface area is 148 Å². The number of rotatable bonds is 3. The minimum absolute atomic E-state index is 0.118. The molecule has 0 aliphatic rings. The molecule has 0 atom stereocenters. The number of alkyl halides is 3. The number of hydrogen-bond acceptors (Lipinski definition) is 5. The average molecular weight is 384 g/mol. The monoisotopic (exact) mass is 384 g/mol. The van der Waals surface area contributed by atoms with Crippen LogP contribution in [-0.4, -0.2) is 21.0 Å². The summed E-state index contributed by atoms with van der Waals surface area (Å²) >= 11 is 0. The lowest BCUT2D eigenvalue weighted by molar-refractivity contribution is -0.141. The lowest BCUT2D eigenvalue weighted by Crippen LogP contribution is -2.20. The van der Waals surface area contributed by atoms with Gasteiger partial charge in [0.2, 0.25) is 5.82 Å². The first-order valence-electron chi connectivity index (χ1n) is 7.30. The second-order valence-electron chi connectivity index (χ2n) is 5.33. The van der Waals surface area contributed by atoms with E-state index in [0.29, 0.717) is 0 Å². The van der Waals surface area contributed by atoms with Crippen LogP contribution in [0.4, 0.5) is 28.0 Å². The maximum absolute atomic E-state index is 14.1. The molecule has 11 heteroatoms. The summed E-state index contributed by atoms with van der Waals surface area (Å²) in [5, 5.41) is 5.30. The van der Waals surface area contributed by atoms with E-state index in [9.17, 15) is 26.7 Å². The van der Waals surface area contributed by atoms with Crippen molar-refractivity contribution < 1.29 is 31.3 Å². The fourth-order valence-electron chi connectivity index (χ4n) is 2.22. The van der Waals surface area contributed by atoms with Gasteiger partial charge in [0, 0.05) is 6.20 Å². The van der Waals surface area contributed by atoms with E-state index in [1.165, 1.54) is 13.0 Å². The fraction of sp³-hybridized carbons (Fsp3) is 0.125. The first kappa shape index (κ1) is 18.4. The molecule has 0 radical (unpaired) electrons. The first-order chi connectivity index (χ1) is 12.7. The number of anilines is 1. The number of carbonyl (C=O) groups is 1. The number of amides is 1. The second-order valence-corrected chi connectivity index (χ2v) is 5.33.